The molecule has 4 atom stereocenters. The van der Waals surface area contributed by atoms with Crippen molar-refractivity contribution in [3.63, 3.8) is 0 Å². The first-order valence-corrected chi connectivity index (χ1v) is 12.7. The van der Waals surface area contributed by atoms with Crippen LogP contribution >= 0.6 is 0 Å². The standard InChI is InChI=1S/C32H41NO/c1-6-10-24(4)32(28-16-18-30(19-17-28)33-22-27(7-2)25(5)34)31(20-15-26-12-9-13-26)29-14-8-11-23(3)21-29/h6,8-11,14,16-19,21,25,27,31-34H,1,7,12,15,20,22H2,2-5H3/b24-10+. The minimum atomic E-state index is -0.302. The van der Waals surface area contributed by atoms with Gasteiger partial charge in [0.2, 0.25) is 0 Å². The Balaban J connectivity index is 1.90. The van der Waals surface area contributed by atoms with Gasteiger partial charge in [0.25, 0.3) is 0 Å². The topological polar surface area (TPSA) is 32.3 Å². The summed E-state index contributed by atoms with van der Waals surface area (Å²) in [6.07, 6.45) is 10.1. The van der Waals surface area contributed by atoms with Crippen LogP contribution in [0, 0.1) is 12.8 Å². The average Bonchev–Trinajstić information content (AvgIpc) is 2.78. The summed E-state index contributed by atoms with van der Waals surface area (Å²) in [7, 11) is 0. The van der Waals surface area contributed by atoms with Crippen molar-refractivity contribution in [3.8, 4) is 0 Å². The van der Waals surface area contributed by atoms with Gasteiger partial charge in [0.05, 0.1) is 6.10 Å². The van der Waals surface area contributed by atoms with Gasteiger partial charge in [-0.2, -0.15) is 0 Å². The highest BCUT2D eigenvalue weighted by molar-refractivity contribution is 5.48. The van der Waals surface area contributed by atoms with Crippen molar-refractivity contribution in [1.82, 2.24) is 0 Å². The van der Waals surface area contributed by atoms with E-state index >= 15 is 0 Å². The van der Waals surface area contributed by atoms with Crippen LogP contribution in [-0.2, 0) is 0 Å². The number of rotatable bonds is 13. The molecule has 2 aromatic rings. The highest BCUT2D eigenvalue weighted by Gasteiger charge is 2.27. The molecule has 2 nitrogen and oxygen atoms in total. The van der Waals surface area contributed by atoms with Gasteiger partial charge in [-0.25, -0.2) is 0 Å². The van der Waals surface area contributed by atoms with E-state index in [9.17, 15) is 5.11 Å². The van der Waals surface area contributed by atoms with Crippen LogP contribution < -0.4 is 5.32 Å². The smallest absolute Gasteiger partial charge is 0.0556 e. The summed E-state index contributed by atoms with van der Waals surface area (Å²) in [4.78, 5) is 0. The van der Waals surface area contributed by atoms with Gasteiger partial charge < -0.3 is 10.4 Å². The summed E-state index contributed by atoms with van der Waals surface area (Å²) in [5.74, 6) is 0.912. The van der Waals surface area contributed by atoms with Crippen LogP contribution in [0.25, 0.3) is 0 Å². The van der Waals surface area contributed by atoms with E-state index < -0.39 is 0 Å². The van der Waals surface area contributed by atoms with E-state index in [1.807, 2.05) is 13.0 Å². The zero-order chi connectivity index (χ0) is 24.5. The maximum Gasteiger partial charge on any atom is 0.0556 e. The molecule has 2 N–H and O–H groups in total. The van der Waals surface area contributed by atoms with E-state index in [2.05, 4.69) is 99.1 Å². The fourth-order valence-electron chi connectivity index (χ4n) is 4.99. The Morgan fingerprint density at radius 3 is 2.47 bits per heavy atom. The minimum absolute atomic E-state index is 0.255. The van der Waals surface area contributed by atoms with Crippen LogP contribution in [0.3, 0.4) is 0 Å². The second-order valence-corrected chi connectivity index (χ2v) is 9.75. The molecule has 0 radical (unpaired) electrons. The van der Waals surface area contributed by atoms with Gasteiger partial charge in [0, 0.05) is 30.5 Å². The Hall–Kier alpha value is -2.80. The summed E-state index contributed by atoms with van der Waals surface area (Å²) >= 11 is 0. The number of aliphatic hydroxyl groups is 1. The summed E-state index contributed by atoms with van der Waals surface area (Å²) in [5.41, 5.74) is 11.3. The molecule has 1 aliphatic carbocycles. The molecule has 0 aromatic heterocycles. The van der Waals surface area contributed by atoms with E-state index in [1.165, 1.54) is 27.8 Å². The second-order valence-electron chi connectivity index (χ2n) is 9.75. The molecule has 34 heavy (non-hydrogen) atoms. The molecule has 0 saturated carbocycles. The maximum atomic E-state index is 9.96. The molecule has 2 heteroatoms. The van der Waals surface area contributed by atoms with E-state index in [4.69, 9.17) is 0 Å². The van der Waals surface area contributed by atoms with Gasteiger partial charge in [0.15, 0.2) is 0 Å². The Bertz CT molecular complexity index is 1040. The second kappa shape index (κ2) is 12.6. The number of hydrogen-bond acceptors (Lipinski definition) is 2. The normalized spacial score (nSPS) is 16.7. The lowest BCUT2D eigenvalue weighted by Gasteiger charge is -2.30. The summed E-state index contributed by atoms with van der Waals surface area (Å²) in [5, 5.41) is 13.5. The first kappa shape index (κ1) is 25.8. The zero-order valence-corrected chi connectivity index (χ0v) is 21.4. The van der Waals surface area contributed by atoms with Gasteiger partial charge in [-0.3, -0.25) is 0 Å². The summed E-state index contributed by atoms with van der Waals surface area (Å²) < 4.78 is 0. The molecule has 4 unspecified atom stereocenters. The van der Waals surface area contributed by atoms with Crippen molar-refractivity contribution in [3.05, 3.63) is 107 Å². The largest absolute Gasteiger partial charge is 0.393 e. The van der Waals surface area contributed by atoms with Crippen molar-refractivity contribution in [2.24, 2.45) is 5.92 Å². The highest BCUT2D eigenvalue weighted by Crippen LogP contribution is 2.43. The Kier molecular flexibility index (Phi) is 9.57. The summed E-state index contributed by atoms with van der Waals surface area (Å²) in [6, 6.07) is 17.9. The highest BCUT2D eigenvalue weighted by atomic mass is 16.3. The number of aryl methyl sites for hydroxylation is 1. The number of allylic oxidation sites excluding steroid dienone is 4. The molecule has 1 aliphatic rings. The minimum Gasteiger partial charge on any atom is -0.393 e. The molecule has 0 aliphatic heterocycles. The van der Waals surface area contributed by atoms with Crippen molar-refractivity contribution >= 4 is 5.69 Å². The van der Waals surface area contributed by atoms with E-state index in [1.54, 1.807) is 0 Å². The predicted octanol–water partition coefficient (Wildman–Crippen LogP) is 8.08. The quantitative estimate of drug-likeness (QED) is 0.236. The molecule has 0 heterocycles. The van der Waals surface area contributed by atoms with Gasteiger partial charge in [-0.1, -0.05) is 73.2 Å². The Morgan fingerprint density at radius 1 is 1.18 bits per heavy atom. The predicted molar refractivity (Wildman–Crippen MR) is 146 cm³/mol. The van der Waals surface area contributed by atoms with Crippen LogP contribution in [0.4, 0.5) is 5.69 Å². The average molecular weight is 456 g/mol. The van der Waals surface area contributed by atoms with E-state index in [0.717, 1.165) is 37.9 Å². The van der Waals surface area contributed by atoms with Gasteiger partial charge in [-0.05, 0) is 80.9 Å². The molecule has 0 fully saturated rings. The fourth-order valence-corrected chi connectivity index (χ4v) is 4.99. The SMILES string of the molecule is C=C/C=C(\C)C(c1ccc(NCC(CC)C(C)O)cc1)C(CCC1=C=CC1)c1cccc(C)c1. The third kappa shape index (κ3) is 6.86. The summed E-state index contributed by atoms with van der Waals surface area (Å²) in [6.45, 7) is 13.2. The van der Waals surface area contributed by atoms with Crippen molar-refractivity contribution in [2.45, 2.75) is 71.3 Å². The van der Waals surface area contributed by atoms with Crippen LogP contribution in [-0.4, -0.2) is 17.8 Å². The van der Waals surface area contributed by atoms with Crippen molar-refractivity contribution < 1.29 is 5.11 Å². The third-order valence-electron chi connectivity index (χ3n) is 7.20. The molecule has 180 valence electrons. The molecular formula is C32H41NO. The fraction of sp³-hybridized carbons (Fsp3) is 0.406. The lowest BCUT2D eigenvalue weighted by molar-refractivity contribution is 0.129. The number of nitrogens with one attached hydrogen (secondary N) is 1. The van der Waals surface area contributed by atoms with Crippen LogP contribution in [0.15, 0.2) is 90.2 Å². The van der Waals surface area contributed by atoms with E-state index in [-0.39, 0.29) is 17.9 Å². The van der Waals surface area contributed by atoms with Crippen LogP contribution in [0.1, 0.15) is 75.0 Å². The van der Waals surface area contributed by atoms with Gasteiger partial charge in [0.1, 0.15) is 0 Å². The molecule has 3 rings (SSSR count). The molecule has 0 saturated heterocycles. The molecular weight excluding hydrogens is 414 g/mol. The van der Waals surface area contributed by atoms with Crippen LogP contribution in [0.2, 0.25) is 0 Å². The van der Waals surface area contributed by atoms with E-state index in [0.29, 0.717) is 5.92 Å². The van der Waals surface area contributed by atoms with Gasteiger partial charge >= 0.3 is 0 Å². The lowest BCUT2D eigenvalue weighted by Crippen LogP contribution is -2.24. The maximum absolute atomic E-state index is 9.96. The van der Waals surface area contributed by atoms with Crippen LogP contribution in [0.5, 0.6) is 0 Å². The Labute approximate surface area is 206 Å². The van der Waals surface area contributed by atoms with Crippen molar-refractivity contribution in [1.29, 1.82) is 0 Å². The number of anilines is 1. The van der Waals surface area contributed by atoms with Gasteiger partial charge in [-0.15, -0.1) is 5.73 Å². The number of benzene rings is 2. The lowest BCUT2D eigenvalue weighted by atomic mass is 9.74. The third-order valence-corrected chi connectivity index (χ3v) is 7.20. The first-order chi connectivity index (χ1) is 16.4. The zero-order valence-electron chi connectivity index (χ0n) is 21.4. The molecule has 0 spiro atoms. The number of hydrogen-bond donors (Lipinski definition) is 2. The molecule has 0 amide bonds. The van der Waals surface area contributed by atoms with Crippen molar-refractivity contribution in [2.75, 3.05) is 11.9 Å². The first-order valence-electron chi connectivity index (χ1n) is 12.7. The molecule has 0 bridgehead atoms. The number of aliphatic hydroxyl groups excluding tert-OH is 1. The molecule has 2 aromatic carbocycles. The monoisotopic (exact) mass is 455 g/mol. The Morgan fingerprint density at radius 2 is 1.91 bits per heavy atom.